The van der Waals surface area contributed by atoms with Gasteiger partial charge in [-0.15, -0.1) is 0 Å². The van der Waals surface area contributed by atoms with Gasteiger partial charge in [0, 0.05) is 5.69 Å². The van der Waals surface area contributed by atoms with Crippen molar-refractivity contribution in [1.29, 1.82) is 0 Å². The van der Waals surface area contributed by atoms with Gasteiger partial charge in [0.1, 0.15) is 11.6 Å². The second-order valence-electron chi connectivity index (χ2n) is 3.68. The van der Waals surface area contributed by atoms with Gasteiger partial charge < -0.3 is 9.73 Å². The van der Waals surface area contributed by atoms with Crippen LogP contribution in [0.3, 0.4) is 0 Å². The Morgan fingerprint density at radius 2 is 2.05 bits per heavy atom. The van der Waals surface area contributed by atoms with E-state index in [1.54, 1.807) is 12.1 Å². The molecular formula is C13H10FN3O3. The number of carbonyl (C=O) groups is 2. The number of carbonyl (C=O) groups excluding carboxylic acids is 2. The van der Waals surface area contributed by atoms with E-state index in [4.69, 9.17) is 4.42 Å². The average molecular weight is 275 g/mol. The molecule has 0 aliphatic rings. The van der Waals surface area contributed by atoms with Gasteiger partial charge >= 0.3 is 11.8 Å². The molecule has 2 rings (SSSR count). The summed E-state index contributed by atoms with van der Waals surface area (Å²) in [6, 6.07) is 8.47. The van der Waals surface area contributed by atoms with Crippen LogP contribution >= 0.6 is 0 Å². The Bertz CT molecular complexity index is 638. The fourth-order valence-electron chi connectivity index (χ4n) is 1.32. The molecule has 0 atom stereocenters. The highest BCUT2D eigenvalue weighted by atomic mass is 19.1. The molecule has 1 aromatic carbocycles. The Morgan fingerprint density at radius 3 is 2.75 bits per heavy atom. The smallest absolute Gasteiger partial charge is 0.329 e. The molecule has 7 heteroatoms. The SMILES string of the molecule is O=C(NN=Cc1ccco1)C(=O)Nc1cccc(F)c1. The van der Waals surface area contributed by atoms with Crippen molar-refractivity contribution in [2.75, 3.05) is 5.32 Å². The third kappa shape index (κ3) is 3.77. The molecule has 0 aliphatic carbocycles. The predicted octanol–water partition coefficient (Wildman–Crippen LogP) is 1.51. The zero-order chi connectivity index (χ0) is 14.4. The first-order valence-electron chi connectivity index (χ1n) is 5.58. The molecule has 102 valence electrons. The van der Waals surface area contributed by atoms with E-state index in [0.717, 1.165) is 6.07 Å². The van der Waals surface area contributed by atoms with Crippen molar-refractivity contribution < 1.29 is 18.4 Å². The standard InChI is InChI=1S/C13H10FN3O3/c14-9-3-1-4-10(7-9)16-12(18)13(19)17-15-8-11-5-2-6-20-11/h1-8H,(H,16,18)(H,17,19). The molecule has 0 saturated carbocycles. The molecule has 2 aromatic rings. The minimum Gasteiger partial charge on any atom is -0.463 e. The van der Waals surface area contributed by atoms with Crippen LogP contribution < -0.4 is 10.7 Å². The Hall–Kier alpha value is -2.96. The van der Waals surface area contributed by atoms with E-state index in [1.165, 1.54) is 30.7 Å². The summed E-state index contributed by atoms with van der Waals surface area (Å²) in [5.74, 6) is -2.01. The number of nitrogens with zero attached hydrogens (tertiary/aromatic N) is 1. The molecular weight excluding hydrogens is 265 g/mol. The lowest BCUT2D eigenvalue weighted by Crippen LogP contribution is -2.32. The minimum absolute atomic E-state index is 0.181. The number of halogens is 1. The molecule has 0 spiro atoms. The lowest BCUT2D eigenvalue weighted by atomic mass is 10.3. The van der Waals surface area contributed by atoms with Crippen LogP contribution in [-0.4, -0.2) is 18.0 Å². The van der Waals surface area contributed by atoms with E-state index in [9.17, 15) is 14.0 Å². The predicted molar refractivity (Wildman–Crippen MR) is 69.5 cm³/mol. The van der Waals surface area contributed by atoms with Crippen LogP contribution in [0, 0.1) is 5.82 Å². The molecule has 2 amide bonds. The van der Waals surface area contributed by atoms with Gasteiger partial charge in [-0.25, -0.2) is 9.82 Å². The second-order valence-corrected chi connectivity index (χ2v) is 3.68. The van der Waals surface area contributed by atoms with Gasteiger partial charge in [-0.3, -0.25) is 9.59 Å². The van der Waals surface area contributed by atoms with Crippen molar-refractivity contribution in [1.82, 2.24) is 5.43 Å². The summed E-state index contributed by atoms with van der Waals surface area (Å²) in [7, 11) is 0. The number of hydrogen-bond acceptors (Lipinski definition) is 4. The van der Waals surface area contributed by atoms with Crippen LogP contribution in [-0.2, 0) is 9.59 Å². The van der Waals surface area contributed by atoms with Crippen molar-refractivity contribution >= 4 is 23.7 Å². The lowest BCUT2D eigenvalue weighted by molar-refractivity contribution is -0.136. The van der Waals surface area contributed by atoms with Crippen LogP contribution in [0.15, 0.2) is 52.2 Å². The van der Waals surface area contributed by atoms with Crippen LogP contribution in [0.1, 0.15) is 5.76 Å². The Balaban J connectivity index is 1.87. The van der Waals surface area contributed by atoms with E-state index < -0.39 is 17.6 Å². The first-order chi connectivity index (χ1) is 9.65. The molecule has 0 radical (unpaired) electrons. The van der Waals surface area contributed by atoms with Gasteiger partial charge in [0.2, 0.25) is 0 Å². The quantitative estimate of drug-likeness (QED) is 0.506. The summed E-state index contributed by atoms with van der Waals surface area (Å²) in [5, 5.41) is 5.78. The normalized spacial score (nSPS) is 10.4. The highest BCUT2D eigenvalue weighted by Gasteiger charge is 2.12. The summed E-state index contributed by atoms with van der Waals surface area (Å²) in [4.78, 5) is 22.9. The van der Waals surface area contributed by atoms with Gasteiger partial charge in [0.15, 0.2) is 0 Å². The van der Waals surface area contributed by atoms with Crippen LogP contribution in [0.4, 0.5) is 10.1 Å². The van der Waals surface area contributed by atoms with E-state index in [0.29, 0.717) is 5.76 Å². The number of nitrogens with one attached hydrogen (secondary N) is 2. The van der Waals surface area contributed by atoms with Crippen LogP contribution in [0.25, 0.3) is 0 Å². The molecule has 6 nitrogen and oxygen atoms in total. The first kappa shape index (κ1) is 13.5. The highest BCUT2D eigenvalue weighted by Crippen LogP contribution is 2.08. The number of anilines is 1. The molecule has 0 unspecified atom stereocenters. The largest absolute Gasteiger partial charge is 0.463 e. The number of rotatable bonds is 3. The summed E-state index contributed by atoms with van der Waals surface area (Å²) in [6.07, 6.45) is 2.69. The van der Waals surface area contributed by atoms with Crippen molar-refractivity contribution in [2.24, 2.45) is 5.10 Å². The summed E-state index contributed by atoms with van der Waals surface area (Å²) in [5.41, 5.74) is 2.20. The number of furan rings is 1. The van der Waals surface area contributed by atoms with E-state index >= 15 is 0 Å². The second kappa shape index (κ2) is 6.28. The maximum absolute atomic E-state index is 12.9. The third-order valence-corrected chi connectivity index (χ3v) is 2.19. The van der Waals surface area contributed by atoms with Gasteiger partial charge in [0.05, 0.1) is 12.5 Å². The fraction of sp³-hybridized carbons (Fsp3) is 0. The molecule has 0 bridgehead atoms. The number of hydrazone groups is 1. The van der Waals surface area contributed by atoms with Gasteiger partial charge in [-0.1, -0.05) is 6.07 Å². The van der Waals surface area contributed by atoms with E-state index in [-0.39, 0.29) is 5.69 Å². The number of hydrogen-bond donors (Lipinski definition) is 2. The van der Waals surface area contributed by atoms with Crippen LogP contribution in [0.5, 0.6) is 0 Å². The zero-order valence-electron chi connectivity index (χ0n) is 10.2. The zero-order valence-corrected chi connectivity index (χ0v) is 10.2. The van der Waals surface area contributed by atoms with Crippen molar-refractivity contribution in [2.45, 2.75) is 0 Å². The molecule has 20 heavy (non-hydrogen) atoms. The Labute approximate surface area is 113 Å². The van der Waals surface area contributed by atoms with Crippen molar-refractivity contribution in [3.63, 3.8) is 0 Å². The van der Waals surface area contributed by atoms with Crippen LogP contribution in [0.2, 0.25) is 0 Å². The van der Waals surface area contributed by atoms with E-state index in [2.05, 4.69) is 10.4 Å². The third-order valence-electron chi connectivity index (χ3n) is 2.19. The summed E-state index contributed by atoms with van der Waals surface area (Å²) < 4.78 is 17.8. The monoisotopic (exact) mass is 275 g/mol. The summed E-state index contributed by atoms with van der Waals surface area (Å²) >= 11 is 0. The van der Waals surface area contributed by atoms with Crippen molar-refractivity contribution in [3.8, 4) is 0 Å². The Morgan fingerprint density at radius 1 is 1.20 bits per heavy atom. The van der Waals surface area contributed by atoms with E-state index in [1.807, 2.05) is 5.43 Å². The molecule has 1 heterocycles. The molecule has 0 aliphatic heterocycles. The first-order valence-corrected chi connectivity index (χ1v) is 5.58. The number of benzene rings is 1. The molecule has 0 fully saturated rings. The molecule has 2 N–H and O–H groups in total. The molecule has 0 saturated heterocycles. The Kier molecular flexibility index (Phi) is 4.23. The van der Waals surface area contributed by atoms with Gasteiger partial charge in [-0.2, -0.15) is 5.10 Å². The number of amides is 2. The van der Waals surface area contributed by atoms with Crippen molar-refractivity contribution in [3.05, 3.63) is 54.2 Å². The summed E-state index contributed by atoms with van der Waals surface area (Å²) in [6.45, 7) is 0. The minimum atomic E-state index is -0.975. The maximum Gasteiger partial charge on any atom is 0.329 e. The fourth-order valence-corrected chi connectivity index (χ4v) is 1.32. The lowest BCUT2D eigenvalue weighted by Gasteiger charge is -2.03. The average Bonchev–Trinajstić information content (AvgIpc) is 2.91. The molecule has 1 aromatic heterocycles. The topological polar surface area (TPSA) is 83.7 Å². The highest BCUT2D eigenvalue weighted by molar-refractivity contribution is 6.39. The van der Waals surface area contributed by atoms with Gasteiger partial charge in [0.25, 0.3) is 0 Å². The maximum atomic E-state index is 12.9. The van der Waals surface area contributed by atoms with Gasteiger partial charge in [-0.05, 0) is 30.3 Å².